The molecule has 1 fully saturated rings. The lowest BCUT2D eigenvalue weighted by Gasteiger charge is -2.40. The van der Waals surface area contributed by atoms with Crippen LogP contribution in [0.25, 0.3) is 0 Å². The predicted octanol–water partition coefficient (Wildman–Crippen LogP) is 2.15. The van der Waals surface area contributed by atoms with Crippen LogP contribution in [0.1, 0.15) is 33.6 Å². The first kappa shape index (κ1) is 10.1. The van der Waals surface area contributed by atoms with Gasteiger partial charge in [0.05, 0.1) is 0 Å². The Hall–Kier alpha value is 0.0249. The molecule has 0 radical (unpaired) electrons. The Morgan fingerprint density at radius 1 is 1.17 bits per heavy atom. The standard InChI is InChI=1S/C10H22BN/c1-10(2,3)12-7-5-9(11-4)6-8-12/h9,11H,5-8H2,1-4H3. The molecule has 2 heteroatoms. The van der Waals surface area contributed by atoms with Crippen molar-refractivity contribution in [3.63, 3.8) is 0 Å². The Morgan fingerprint density at radius 3 is 2.00 bits per heavy atom. The molecular weight excluding hydrogens is 145 g/mol. The van der Waals surface area contributed by atoms with Gasteiger partial charge in [0.1, 0.15) is 7.28 Å². The van der Waals surface area contributed by atoms with E-state index in [4.69, 9.17) is 0 Å². The highest BCUT2D eigenvalue weighted by atomic mass is 15.2. The molecule has 12 heavy (non-hydrogen) atoms. The Bertz CT molecular complexity index is 131. The van der Waals surface area contributed by atoms with Crippen LogP contribution in [-0.4, -0.2) is 30.8 Å². The molecule has 0 aromatic heterocycles. The zero-order valence-electron chi connectivity index (χ0n) is 9.06. The molecule has 0 saturated carbocycles. The fourth-order valence-corrected chi connectivity index (χ4v) is 2.01. The maximum Gasteiger partial charge on any atom is 0.121 e. The highest BCUT2D eigenvalue weighted by Crippen LogP contribution is 2.26. The van der Waals surface area contributed by atoms with Crippen LogP contribution in [-0.2, 0) is 0 Å². The van der Waals surface area contributed by atoms with Crippen molar-refractivity contribution in [1.82, 2.24) is 4.90 Å². The Balaban J connectivity index is 2.36. The summed E-state index contributed by atoms with van der Waals surface area (Å²) in [4.78, 5) is 2.61. The fraction of sp³-hybridized carbons (Fsp3) is 1.00. The van der Waals surface area contributed by atoms with Crippen molar-refractivity contribution >= 4 is 7.28 Å². The van der Waals surface area contributed by atoms with E-state index in [0.29, 0.717) is 5.54 Å². The molecule has 1 saturated heterocycles. The van der Waals surface area contributed by atoms with Crippen molar-refractivity contribution in [3.8, 4) is 0 Å². The highest BCUT2D eigenvalue weighted by Gasteiger charge is 2.25. The molecule has 70 valence electrons. The third-order valence-corrected chi connectivity index (χ3v) is 3.14. The highest BCUT2D eigenvalue weighted by molar-refractivity contribution is 6.35. The SMILES string of the molecule is CBC1CCN(C(C)(C)C)CC1. The van der Waals surface area contributed by atoms with Crippen LogP contribution in [0.3, 0.4) is 0 Å². The number of hydrogen-bond donors (Lipinski definition) is 0. The number of likely N-dealkylation sites (tertiary alicyclic amines) is 1. The van der Waals surface area contributed by atoms with Gasteiger partial charge in [0, 0.05) is 5.54 Å². The normalized spacial score (nSPS) is 22.7. The van der Waals surface area contributed by atoms with Gasteiger partial charge in [0.2, 0.25) is 0 Å². The molecule has 0 spiro atoms. The Morgan fingerprint density at radius 2 is 1.67 bits per heavy atom. The van der Waals surface area contributed by atoms with Gasteiger partial charge in [0.25, 0.3) is 0 Å². The molecule has 0 aliphatic carbocycles. The smallest absolute Gasteiger partial charge is 0.121 e. The summed E-state index contributed by atoms with van der Waals surface area (Å²) in [6, 6.07) is 0. The van der Waals surface area contributed by atoms with Crippen LogP contribution >= 0.6 is 0 Å². The second-order valence-corrected chi connectivity index (χ2v) is 5.01. The monoisotopic (exact) mass is 167 g/mol. The van der Waals surface area contributed by atoms with Gasteiger partial charge in [-0.05, 0) is 46.7 Å². The zero-order chi connectivity index (χ0) is 9.19. The quantitative estimate of drug-likeness (QED) is 0.541. The van der Waals surface area contributed by atoms with Gasteiger partial charge in [-0.15, -0.1) is 0 Å². The summed E-state index contributed by atoms with van der Waals surface area (Å²) in [5, 5.41) is 0. The minimum atomic E-state index is 0.388. The van der Waals surface area contributed by atoms with Crippen LogP contribution in [0, 0.1) is 0 Å². The topological polar surface area (TPSA) is 3.24 Å². The van der Waals surface area contributed by atoms with Crippen LogP contribution in [0.15, 0.2) is 0 Å². The summed E-state index contributed by atoms with van der Waals surface area (Å²) in [6.45, 7) is 11.9. The predicted molar refractivity (Wildman–Crippen MR) is 57.3 cm³/mol. The summed E-state index contributed by atoms with van der Waals surface area (Å²) < 4.78 is 0. The van der Waals surface area contributed by atoms with E-state index in [1.165, 1.54) is 33.2 Å². The lowest BCUT2D eigenvalue weighted by atomic mass is 9.62. The van der Waals surface area contributed by atoms with Crippen LogP contribution in [0.5, 0.6) is 0 Å². The van der Waals surface area contributed by atoms with Gasteiger partial charge in [-0.2, -0.15) is 0 Å². The molecule has 0 atom stereocenters. The number of nitrogens with zero attached hydrogens (tertiary/aromatic N) is 1. The largest absolute Gasteiger partial charge is 0.299 e. The second-order valence-electron chi connectivity index (χ2n) is 5.01. The molecule has 0 aromatic carbocycles. The van der Waals surface area contributed by atoms with E-state index >= 15 is 0 Å². The van der Waals surface area contributed by atoms with Gasteiger partial charge in [-0.25, -0.2) is 0 Å². The maximum atomic E-state index is 2.61. The molecule has 0 amide bonds. The van der Waals surface area contributed by atoms with Crippen molar-refractivity contribution in [1.29, 1.82) is 0 Å². The average molecular weight is 167 g/mol. The van der Waals surface area contributed by atoms with Crippen molar-refractivity contribution in [2.45, 2.75) is 51.8 Å². The van der Waals surface area contributed by atoms with Crippen LogP contribution < -0.4 is 0 Å². The Labute approximate surface area is 77.8 Å². The third kappa shape index (κ3) is 2.51. The number of hydrogen-bond acceptors (Lipinski definition) is 1. The van der Waals surface area contributed by atoms with Gasteiger partial charge in [-0.1, -0.05) is 12.6 Å². The molecule has 1 heterocycles. The third-order valence-electron chi connectivity index (χ3n) is 3.14. The lowest BCUT2D eigenvalue weighted by Crippen LogP contribution is -2.45. The van der Waals surface area contributed by atoms with E-state index < -0.39 is 0 Å². The first-order chi connectivity index (χ1) is 5.54. The van der Waals surface area contributed by atoms with Gasteiger partial charge in [-0.3, -0.25) is 4.90 Å². The number of rotatable bonds is 1. The van der Waals surface area contributed by atoms with Crippen LogP contribution in [0.4, 0.5) is 0 Å². The first-order valence-corrected chi connectivity index (χ1v) is 5.29. The van der Waals surface area contributed by atoms with Gasteiger partial charge < -0.3 is 0 Å². The van der Waals surface area contributed by atoms with Crippen molar-refractivity contribution in [2.75, 3.05) is 13.1 Å². The van der Waals surface area contributed by atoms with Crippen molar-refractivity contribution in [3.05, 3.63) is 0 Å². The summed E-state index contributed by atoms with van der Waals surface area (Å²) >= 11 is 0. The number of piperidine rings is 1. The van der Waals surface area contributed by atoms with E-state index in [2.05, 4.69) is 32.5 Å². The average Bonchev–Trinajstić information content (AvgIpc) is 2.03. The summed E-state index contributed by atoms with van der Waals surface area (Å²) in [5.74, 6) is 1.00. The summed E-state index contributed by atoms with van der Waals surface area (Å²) in [5.41, 5.74) is 0.388. The van der Waals surface area contributed by atoms with Crippen molar-refractivity contribution in [2.24, 2.45) is 0 Å². The van der Waals surface area contributed by atoms with E-state index in [0.717, 1.165) is 5.82 Å². The Kier molecular flexibility index (Phi) is 3.22. The summed E-state index contributed by atoms with van der Waals surface area (Å²) in [6.07, 6.45) is 2.82. The van der Waals surface area contributed by atoms with Crippen LogP contribution in [0.2, 0.25) is 12.6 Å². The minimum Gasteiger partial charge on any atom is -0.299 e. The van der Waals surface area contributed by atoms with Crippen molar-refractivity contribution < 1.29 is 0 Å². The first-order valence-electron chi connectivity index (χ1n) is 5.29. The van der Waals surface area contributed by atoms with Gasteiger partial charge in [0.15, 0.2) is 0 Å². The maximum absolute atomic E-state index is 2.61. The lowest BCUT2D eigenvalue weighted by molar-refractivity contribution is 0.111. The van der Waals surface area contributed by atoms with E-state index in [1.54, 1.807) is 0 Å². The molecule has 0 N–H and O–H groups in total. The molecule has 1 aliphatic rings. The van der Waals surface area contributed by atoms with E-state index in [1.807, 2.05) is 0 Å². The molecular formula is C10H22BN. The molecule has 1 rings (SSSR count). The molecule has 1 nitrogen and oxygen atoms in total. The second kappa shape index (κ2) is 3.82. The fourth-order valence-electron chi connectivity index (χ4n) is 2.01. The summed E-state index contributed by atoms with van der Waals surface area (Å²) in [7, 11) is 1.37. The molecule has 0 bridgehead atoms. The molecule has 0 aromatic rings. The minimum absolute atomic E-state index is 0.388. The van der Waals surface area contributed by atoms with E-state index in [-0.39, 0.29) is 0 Å². The molecule has 0 unspecified atom stereocenters. The molecule has 1 aliphatic heterocycles. The zero-order valence-corrected chi connectivity index (χ0v) is 9.06. The van der Waals surface area contributed by atoms with Gasteiger partial charge >= 0.3 is 0 Å². The van der Waals surface area contributed by atoms with E-state index in [9.17, 15) is 0 Å².